The first-order valence-corrected chi connectivity index (χ1v) is 6.22. The van der Waals surface area contributed by atoms with Crippen LogP contribution in [0.3, 0.4) is 0 Å². The summed E-state index contributed by atoms with van der Waals surface area (Å²) in [6.07, 6.45) is 2.70. The maximum absolute atomic E-state index is 3.58. The number of para-hydroxylation sites is 1. The summed E-state index contributed by atoms with van der Waals surface area (Å²) in [6, 6.07) is 10.0. The van der Waals surface area contributed by atoms with Gasteiger partial charge in [0, 0.05) is 31.4 Å². The van der Waals surface area contributed by atoms with Crippen molar-refractivity contribution in [3.05, 3.63) is 29.8 Å². The van der Waals surface area contributed by atoms with Gasteiger partial charge in [0.15, 0.2) is 0 Å². The van der Waals surface area contributed by atoms with E-state index in [2.05, 4.69) is 55.4 Å². The van der Waals surface area contributed by atoms with Crippen LogP contribution >= 0.6 is 0 Å². The second-order valence-electron chi connectivity index (χ2n) is 4.99. The van der Waals surface area contributed by atoms with E-state index in [0.29, 0.717) is 6.04 Å². The standard InChI is InChI=1S/C14H22N2/c1-11(2)16(3)14-7-5-4-6-12(14)10-15-13-8-9-13/h4-7,11,13,15H,8-10H2,1-3H3. The molecule has 0 spiro atoms. The van der Waals surface area contributed by atoms with E-state index in [1.54, 1.807) is 0 Å². The van der Waals surface area contributed by atoms with Crippen molar-refractivity contribution in [1.82, 2.24) is 5.32 Å². The minimum atomic E-state index is 0.544. The van der Waals surface area contributed by atoms with Crippen LogP contribution < -0.4 is 10.2 Å². The Balaban J connectivity index is 2.08. The molecule has 0 saturated heterocycles. The van der Waals surface area contributed by atoms with Gasteiger partial charge in [0.1, 0.15) is 0 Å². The molecular weight excluding hydrogens is 196 g/mol. The van der Waals surface area contributed by atoms with E-state index in [1.807, 2.05) is 0 Å². The summed E-state index contributed by atoms with van der Waals surface area (Å²) in [5.41, 5.74) is 2.76. The zero-order chi connectivity index (χ0) is 11.5. The topological polar surface area (TPSA) is 15.3 Å². The summed E-state index contributed by atoms with van der Waals surface area (Å²) in [4.78, 5) is 2.34. The SMILES string of the molecule is CC(C)N(C)c1ccccc1CNC1CC1. The van der Waals surface area contributed by atoms with Crippen molar-refractivity contribution in [2.75, 3.05) is 11.9 Å². The third-order valence-electron chi connectivity index (χ3n) is 3.30. The minimum absolute atomic E-state index is 0.544. The number of benzene rings is 1. The summed E-state index contributed by atoms with van der Waals surface area (Å²) in [7, 11) is 2.17. The van der Waals surface area contributed by atoms with E-state index in [-0.39, 0.29) is 0 Å². The van der Waals surface area contributed by atoms with Crippen LogP contribution in [0.2, 0.25) is 0 Å². The molecule has 0 aliphatic heterocycles. The molecule has 0 bridgehead atoms. The van der Waals surface area contributed by atoms with Gasteiger partial charge < -0.3 is 10.2 Å². The zero-order valence-corrected chi connectivity index (χ0v) is 10.5. The molecule has 1 aliphatic rings. The lowest BCUT2D eigenvalue weighted by atomic mass is 10.1. The molecule has 88 valence electrons. The number of anilines is 1. The third-order valence-corrected chi connectivity index (χ3v) is 3.30. The maximum Gasteiger partial charge on any atom is 0.0411 e. The van der Waals surface area contributed by atoms with E-state index in [1.165, 1.54) is 24.1 Å². The van der Waals surface area contributed by atoms with Crippen LogP contribution in [0.15, 0.2) is 24.3 Å². The average Bonchev–Trinajstić information content (AvgIpc) is 3.09. The van der Waals surface area contributed by atoms with Gasteiger partial charge in [-0.15, -0.1) is 0 Å². The van der Waals surface area contributed by atoms with Gasteiger partial charge in [0.25, 0.3) is 0 Å². The first-order chi connectivity index (χ1) is 7.68. The molecule has 16 heavy (non-hydrogen) atoms. The molecule has 2 rings (SSSR count). The van der Waals surface area contributed by atoms with Crippen LogP contribution in [-0.4, -0.2) is 19.1 Å². The fourth-order valence-electron chi connectivity index (χ4n) is 1.82. The molecule has 0 unspecified atom stereocenters. The number of hydrogen-bond donors (Lipinski definition) is 1. The smallest absolute Gasteiger partial charge is 0.0411 e. The second-order valence-corrected chi connectivity index (χ2v) is 4.99. The van der Waals surface area contributed by atoms with Crippen LogP contribution in [0.25, 0.3) is 0 Å². The summed E-state index contributed by atoms with van der Waals surface area (Å²) < 4.78 is 0. The number of rotatable bonds is 5. The molecule has 1 saturated carbocycles. The van der Waals surface area contributed by atoms with Crippen molar-refractivity contribution in [2.24, 2.45) is 0 Å². The van der Waals surface area contributed by atoms with Crippen LogP contribution in [0.5, 0.6) is 0 Å². The van der Waals surface area contributed by atoms with E-state index in [9.17, 15) is 0 Å². The monoisotopic (exact) mass is 218 g/mol. The van der Waals surface area contributed by atoms with E-state index in [4.69, 9.17) is 0 Å². The Bertz CT molecular complexity index is 342. The molecule has 0 radical (unpaired) electrons. The van der Waals surface area contributed by atoms with E-state index >= 15 is 0 Å². The molecule has 0 heterocycles. The molecule has 1 aromatic carbocycles. The Morgan fingerprint density at radius 2 is 2.00 bits per heavy atom. The molecule has 1 aliphatic carbocycles. The molecule has 2 nitrogen and oxygen atoms in total. The highest BCUT2D eigenvalue weighted by atomic mass is 15.1. The van der Waals surface area contributed by atoms with Crippen molar-refractivity contribution in [1.29, 1.82) is 0 Å². The van der Waals surface area contributed by atoms with Gasteiger partial charge in [-0.1, -0.05) is 18.2 Å². The van der Waals surface area contributed by atoms with Crippen molar-refractivity contribution >= 4 is 5.69 Å². The Hall–Kier alpha value is -1.02. The Morgan fingerprint density at radius 1 is 1.31 bits per heavy atom. The molecule has 0 atom stereocenters. The zero-order valence-electron chi connectivity index (χ0n) is 10.5. The van der Waals surface area contributed by atoms with Gasteiger partial charge in [0.05, 0.1) is 0 Å². The van der Waals surface area contributed by atoms with Crippen molar-refractivity contribution in [3.63, 3.8) is 0 Å². The number of hydrogen-bond acceptors (Lipinski definition) is 2. The molecule has 1 fully saturated rings. The second kappa shape index (κ2) is 4.88. The van der Waals surface area contributed by atoms with Crippen molar-refractivity contribution in [2.45, 2.75) is 45.3 Å². The van der Waals surface area contributed by atoms with Crippen molar-refractivity contribution < 1.29 is 0 Å². The average molecular weight is 218 g/mol. The quantitative estimate of drug-likeness (QED) is 0.817. The fraction of sp³-hybridized carbons (Fsp3) is 0.571. The van der Waals surface area contributed by atoms with E-state index < -0.39 is 0 Å². The van der Waals surface area contributed by atoms with Crippen LogP contribution in [-0.2, 0) is 6.54 Å². The van der Waals surface area contributed by atoms with Gasteiger partial charge in [-0.05, 0) is 38.3 Å². The highest BCUT2D eigenvalue weighted by molar-refractivity contribution is 5.53. The molecular formula is C14H22N2. The highest BCUT2D eigenvalue weighted by Crippen LogP contribution is 2.23. The lowest BCUT2D eigenvalue weighted by Gasteiger charge is -2.26. The fourth-order valence-corrected chi connectivity index (χ4v) is 1.82. The lowest BCUT2D eigenvalue weighted by Crippen LogP contribution is -2.27. The first kappa shape index (κ1) is 11.5. The molecule has 0 amide bonds. The molecule has 2 heteroatoms. The lowest BCUT2D eigenvalue weighted by molar-refractivity contribution is 0.679. The van der Waals surface area contributed by atoms with Gasteiger partial charge in [-0.2, -0.15) is 0 Å². The first-order valence-electron chi connectivity index (χ1n) is 6.22. The third kappa shape index (κ3) is 2.76. The number of nitrogens with zero attached hydrogens (tertiary/aromatic N) is 1. The maximum atomic E-state index is 3.58. The van der Waals surface area contributed by atoms with Gasteiger partial charge in [-0.25, -0.2) is 0 Å². The number of nitrogens with one attached hydrogen (secondary N) is 1. The summed E-state index contributed by atoms with van der Waals surface area (Å²) in [6.45, 7) is 5.45. The predicted molar refractivity (Wildman–Crippen MR) is 69.8 cm³/mol. The van der Waals surface area contributed by atoms with Gasteiger partial charge >= 0.3 is 0 Å². The molecule has 0 aromatic heterocycles. The summed E-state index contributed by atoms with van der Waals surface area (Å²) in [5, 5.41) is 3.58. The predicted octanol–water partition coefficient (Wildman–Crippen LogP) is 2.78. The van der Waals surface area contributed by atoms with Crippen molar-refractivity contribution in [3.8, 4) is 0 Å². The highest BCUT2D eigenvalue weighted by Gasteiger charge is 2.20. The summed E-state index contributed by atoms with van der Waals surface area (Å²) >= 11 is 0. The Labute approximate surface area is 98.7 Å². The molecule has 1 aromatic rings. The van der Waals surface area contributed by atoms with Gasteiger partial charge in [0.2, 0.25) is 0 Å². The normalized spacial score (nSPS) is 15.5. The largest absolute Gasteiger partial charge is 0.372 e. The van der Waals surface area contributed by atoms with Crippen LogP contribution in [0.1, 0.15) is 32.3 Å². The van der Waals surface area contributed by atoms with Crippen LogP contribution in [0, 0.1) is 0 Å². The Morgan fingerprint density at radius 3 is 2.62 bits per heavy atom. The summed E-state index contributed by atoms with van der Waals surface area (Å²) in [5.74, 6) is 0. The Kier molecular flexibility index (Phi) is 3.49. The molecule has 1 N–H and O–H groups in total. The van der Waals surface area contributed by atoms with Gasteiger partial charge in [-0.3, -0.25) is 0 Å². The van der Waals surface area contributed by atoms with E-state index in [0.717, 1.165) is 12.6 Å². The minimum Gasteiger partial charge on any atom is -0.372 e. The van der Waals surface area contributed by atoms with Crippen LogP contribution in [0.4, 0.5) is 5.69 Å².